The van der Waals surface area contributed by atoms with E-state index in [1.165, 1.54) is 0 Å². The van der Waals surface area contributed by atoms with Gasteiger partial charge in [0, 0.05) is 13.2 Å². The maximum atomic E-state index is 11.5. The van der Waals surface area contributed by atoms with E-state index in [0.717, 1.165) is 11.3 Å². The van der Waals surface area contributed by atoms with Gasteiger partial charge in [-0.25, -0.2) is 4.79 Å². The van der Waals surface area contributed by atoms with E-state index in [2.05, 4.69) is 10.4 Å². The molecule has 0 radical (unpaired) electrons. The van der Waals surface area contributed by atoms with Crippen molar-refractivity contribution in [2.24, 2.45) is 7.05 Å². The molecule has 5 heteroatoms. The van der Waals surface area contributed by atoms with Crippen LogP contribution < -0.4 is 5.32 Å². The second kappa shape index (κ2) is 5.86. The predicted octanol–water partition coefficient (Wildman–Crippen LogP) is 1.85. The van der Waals surface area contributed by atoms with Gasteiger partial charge in [-0.05, 0) is 11.6 Å². The number of rotatable bonds is 4. The summed E-state index contributed by atoms with van der Waals surface area (Å²) in [4.78, 5) is 11.5. The van der Waals surface area contributed by atoms with Gasteiger partial charge in [0.2, 0.25) is 0 Å². The molecule has 0 aliphatic heterocycles. The van der Waals surface area contributed by atoms with Crippen molar-refractivity contribution in [1.82, 2.24) is 15.1 Å². The van der Waals surface area contributed by atoms with Crippen LogP contribution >= 0.6 is 0 Å². The van der Waals surface area contributed by atoms with E-state index in [4.69, 9.17) is 4.74 Å². The Bertz CT molecular complexity index is 508. The molecular weight excluding hydrogens is 230 g/mol. The molecule has 0 unspecified atom stereocenters. The van der Waals surface area contributed by atoms with Crippen LogP contribution in [-0.2, 0) is 24.9 Å². The van der Waals surface area contributed by atoms with E-state index in [1.54, 1.807) is 10.9 Å². The summed E-state index contributed by atoms with van der Waals surface area (Å²) in [6, 6.07) is 11.4. The first kappa shape index (κ1) is 12.2. The molecule has 1 N–H and O–H groups in total. The summed E-state index contributed by atoms with van der Waals surface area (Å²) in [7, 11) is 1.83. The zero-order valence-corrected chi connectivity index (χ0v) is 10.2. The maximum Gasteiger partial charge on any atom is 0.407 e. The molecular formula is C13H15N3O2. The van der Waals surface area contributed by atoms with Crippen LogP contribution in [0.15, 0.2) is 42.6 Å². The number of aryl methyl sites for hydroxylation is 1. The Balaban J connectivity index is 1.75. The lowest BCUT2D eigenvalue weighted by Crippen LogP contribution is -2.24. The molecule has 0 fully saturated rings. The molecule has 94 valence electrons. The number of nitrogens with one attached hydrogen (secondary N) is 1. The largest absolute Gasteiger partial charge is 0.445 e. The highest BCUT2D eigenvalue weighted by atomic mass is 16.5. The molecule has 2 aromatic rings. The number of aromatic nitrogens is 2. The number of nitrogens with zero attached hydrogens (tertiary/aromatic N) is 2. The highest BCUT2D eigenvalue weighted by Gasteiger charge is 2.04. The normalized spacial score (nSPS) is 10.1. The molecule has 0 saturated heterocycles. The summed E-state index contributed by atoms with van der Waals surface area (Å²) >= 11 is 0. The fourth-order valence-corrected chi connectivity index (χ4v) is 1.51. The van der Waals surface area contributed by atoms with Crippen molar-refractivity contribution in [3.8, 4) is 0 Å². The third kappa shape index (κ3) is 3.35. The van der Waals surface area contributed by atoms with Gasteiger partial charge in [0.15, 0.2) is 0 Å². The quantitative estimate of drug-likeness (QED) is 0.894. The molecule has 5 nitrogen and oxygen atoms in total. The third-order valence-electron chi connectivity index (χ3n) is 2.55. The summed E-state index contributed by atoms with van der Waals surface area (Å²) in [5.41, 5.74) is 1.89. The Morgan fingerprint density at radius 1 is 1.33 bits per heavy atom. The standard InChI is InChI=1S/C13H15N3O2/c1-16-12(7-8-15-16)9-14-13(17)18-10-11-5-3-2-4-6-11/h2-8H,9-10H2,1H3,(H,14,17). The molecule has 0 atom stereocenters. The van der Waals surface area contributed by atoms with Gasteiger partial charge in [0.25, 0.3) is 0 Å². The van der Waals surface area contributed by atoms with E-state index in [-0.39, 0.29) is 6.61 Å². The monoisotopic (exact) mass is 245 g/mol. The second-order valence-electron chi connectivity index (χ2n) is 3.86. The van der Waals surface area contributed by atoms with Crippen molar-refractivity contribution in [1.29, 1.82) is 0 Å². The van der Waals surface area contributed by atoms with Gasteiger partial charge >= 0.3 is 6.09 Å². The van der Waals surface area contributed by atoms with Crippen molar-refractivity contribution in [2.45, 2.75) is 13.2 Å². The van der Waals surface area contributed by atoms with E-state index in [9.17, 15) is 4.79 Å². The van der Waals surface area contributed by atoms with Crippen LogP contribution in [0.4, 0.5) is 4.79 Å². The summed E-state index contributed by atoms with van der Waals surface area (Å²) in [5, 5.41) is 6.69. The topological polar surface area (TPSA) is 56.2 Å². The Morgan fingerprint density at radius 3 is 2.78 bits per heavy atom. The lowest BCUT2D eigenvalue weighted by molar-refractivity contribution is 0.139. The first-order valence-electron chi connectivity index (χ1n) is 5.67. The van der Waals surface area contributed by atoms with Crippen molar-refractivity contribution in [3.63, 3.8) is 0 Å². The van der Waals surface area contributed by atoms with E-state index in [0.29, 0.717) is 6.54 Å². The number of hydrogen-bond acceptors (Lipinski definition) is 3. The van der Waals surface area contributed by atoms with Crippen LogP contribution in [0.1, 0.15) is 11.3 Å². The molecule has 0 aliphatic rings. The van der Waals surface area contributed by atoms with Gasteiger partial charge in [0.05, 0.1) is 12.2 Å². The average Bonchev–Trinajstić information content (AvgIpc) is 2.81. The van der Waals surface area contributed by atoms with Crippen molar-refractivity contribution in [2.75, 3.05) is 0 Å². The molecule has 18 heavy (non-hydrogen) atoms. The number of carbonyl (C=O) groups excluding carboxylic acids is 1. The number of alkyl carbamates (subject to hydrolysis) is 1. The Morgan fingerprint density at radius 2 is 2.11 bits per heavy atom. The molecule has 0 saturated carbocycles. The van der Waals surface area contributed by atoms with Crippen LogP contribution in [0.5, 0.6) is 0 Å². The third-order valence-corrected chi connectivity index (χ3v) is 2.55. The van der Waals surface area contributed by atoms with Crippen LogP contribution in [0.25, 0.3) is 0 Å². The highest BCUT2D eigenvalue weighted by Crippen LogP contribution is 2.01. The number of hydrogen-bond donors (Lipinski definition) is 1. The van der Waals surface area contributed by atoms with E-state index in [1.807, 2.05) is 43.4 Å². The van der Waals surface area contributed by atoms with Crippen molar-refractivity contribution in [3.05, 3.63) is 53.9 Å². The summed E-state index contributed by atoms with van der Waals surface area (Å²) in [6.45, 7) is 0.683. The first-order valence-corrected chi connectivity index (χ1v) is 5.67. The molecule has 0 spiro atoms. The minimum atomic E-state index is -0.431. The van der Waals surface area contributed by atoms with E-state index >= 15 is 0 Å². The zero-order valence-electron chi connectivity index (χ0n) is 10.2. The Labute approximate surface area is 105 Å². The van der Waals surface area contributed by atoms with Gasteiger partial charge in [-0.3, -0.25) is 4.68 Å². The van der Waals surface area contributed by atoms with Crippen LogP contribution in [0.3, 0.4) is 0 Å². The predicted molar refractivity (Wildman–Crippen MR) is 66.7 cm³/mol. The Kier molecular flexibility index (Phi) is 3.96. The summed E-state index contributed by atoms with van der Waals surface area (Å²) in [6.07, 6.45) is 1.26. The second-order valence-corrected chi connectivity index (χ2v) is 3.86. The van der Waals surface area contributed by atoms with Gasteiger partial charge in [-0.2, -0.15) is 5.10 Å². The fourth-order valence-electron chi connectivity index (χ4n) is 1.51. The molecule has 0 aliphatic carbocycles. The molecule has 0 bridgehead atoms. The Hall–Kier alpha value is -2.30. The van der Waals surface area contributed by atoms with Crippen molar-refractivity contribution >= 4 is 6.09 Å². The fraction of sp³-hybridized carbons (Fsp3) is 0.231. The number of ether oxygens (including phenoxy) is 1. The number of amides is 1. The SMILES string of the molecule is Cn1nccc1CNC(=O)OCc1ccccc1. The van der Waals surface area contributed by atoms with Gasteiger partial charge in [-0.15, -0.1) is 0 Å². The summed E-state index contributed by atoms with van der Waals surface area (Å²) < 4.78 is 6.79. The minimum Gasteiger partial charge on any atom is -0.445 e. The molecule has 1 aromatic carbocycles. The van der Waals surface area contributed by atoms with Gasteiger partial charge in [-0.1, -0.05) is 30.3 Å². The molecule has 1 heterocycles. The molecule has 1 amide bonds. The van der Waals surface area contributed by atoms with Crippen LogP contribution in [-0.4, -0.2) is 15.9 Å². The lowest BCUT2D eigenvalue weighted by atomic mass is 10.2. The molecule has 2 rings (SSSR count). The van der Waals surface area contributed by atoms with Crippen LogP contribution in [0.2, 0.25) is 0 Å². The first-order chi connectivity index (χ1) is 8.75. The van der Waals surface area contributed by atoms with Gasteiger partial charge < -0.3 is 10.1 Å². The lowest BCUT2D eigenvalue weighted by Gasteiger charge is -2.07. The number of carbonyl (C=O) groups is 1. The summed E-state index contributed by atoms with van der Waals surface area (Å²) in [5.74, 6) is 0. The maximum absolute atomic E-state index is 11.5. The highest BCUT2D eigenvalue weighted by molar-refractivity contribution is 5.67. The van der Waals surface area contributed by atoms with Gasteiger partial charge in [0.1, 0.15) is 6.61 Å². The van der Waals surface area contributed by atoms with Crippen LogP contribution in [0, 0.1) is 0 Å². The van der Waals surface area contributed by atoms with E-state index < -0.39 is 6.09 Å². The zero-order chi connectivity index (χ0) is 12.8. The number of benzene rings is 1. The average molecular weight is 245 g/mol. The molecule has 1 aromatic heterocycles. The smallest absolute Gasteiger partial charge is 0.407 e. The van der Waals surface area contributed by atoms with Crippen molar-refractivity contribution < 1.29 is 9.53 Å². The minimum absolute atomic E-state index is 0.276.